The van der Waals surface area contributed by atoms with Gasteiger partial charge in [0.05, 0.1) is 0 Å². The highest BCUT2D eigenvalue weighted by atomic mass is 16.4. The van der Waals surface area contributed by atoms with E-state index in [1.807, 2.05) is 0 Å². The van der Waals surface area contributed by atoms with Crippen LogP contribution in [-0.4, -0.2) is 28.2 Å². The fourth-order valence-corrected chi connectivity index (χ4v) is 0.189. The van der Waals surface area contributed by atoms with Gasteiger partial charge in [0, 0.05) is 0 Å². The lowest BCUT2D eigenvalue weighted by Crippen LogP contribution is -2.26. The normalized spacial score (nSPS) is 11.7. The second kappa shape index (κ2) is 2.86. The standard InChI is InChI=1S/C4H5NO4/c5-2(1-6)3(7)4(8)9/h3,7H,5H2,(H,8,9). The first kappa shape index (κ1) is 7.68. The van der Waals surface area contributed by atoms with Gasteiger partial charge in [-0.1, -0.05) is 0 Å². The van der Waals surface area contributed by atoms with Gasteiger partial charge >= 0.3 is 5.97 Å². The first-order valence-electron chi connectivity index (χ1n) is 2.01. The lowest BCUT2D eigenvalue weighted by Gasteiger charge is -1.98. The molecule has 1 unspecified atom stereocenters. The number of carboxylic acids is 1. The summed E-state index contributed by atoms with van der Waals surface area (Å²) in [5, 5.41) is 16.3. The van der Waals surface area contributed by atoms with Crippen molar-refractivity contribution >= 4 is 11.9 Å². The average Bonchev–Trinajstić information content (AvgIpc) is 1.84. The van der Waals surface area contributed by atoms with E-state index in [4.69, 9.17) is 10.2 Å². The third kappa shape index (κ3) is 1.94. The number of aliphatic hydroxyl groups excluding tert-OH is 1. The molecule has 1 atom stereocenters. The average molecular weight is 131 g/mol. The minimum absolute atomic E-state index is 0.720. The summed E-state index contributed by atoms with van der Waals surface area (Å²) in [5.74, 6) is -0.500. The van der Waals surface area contributed by atoms with Crippen molar-refractivity contribution in [2.24, 2.45) is 5.73 Å². The summed E-state index contributed by atoms with van der Waals surface area (Å²) in [4.78, 5) is 19.3. The van der Waals surface area contributed by atoms with Crippen LogP contribution in [-0.2, 0) is 9.59 Å². The van der Waals surface area contributed by atoms with Crippen molar-refractivity contribution in [3.63, 3.8) is 0 Å². The van der Waals surface area contributed by atoms with Crippen molar-refractivity contribution in [3.05, 3.63) is 5.70 Å². The van der Waals surface area contributed by atoms with Gasteiger partial charge < -0.3 is 15.9 Å². The summed E-state index contributed by atoms with van der Waals surface area (Å²) in [5.41, 5.74) is 3.96. The summed E-state index contributed by atoms with van der Waals surface area (Å²) >= 11 is 0. The molecule has 9 heavy (non-hydrogen) atoms. The molecule has 5 nitrogen and oxygen atoms in total. The SMILES string of the molecule is NC(=C=O)C(O)C(=O)O. The van der Waals surface area contributed by atoms with Gasteiger partial charge in [0.2, 0.25) is 6.10 Å². The highest BCUT2D eigenvalue weighted by Crippen LogP contribution is 1.87. The minimum atomic E-state index is -1.93. The maximum atomic E-state index is 9.77. The molecular weight excluding hydrogens is 126 g/mol. The fraction of sp³-hybridized carbons (Fsp3) is 0.250. The fourth-order valence-electron chi connectivity index (χ4n) is 0.189. The Morgan fingerprint density at radius 1 is 1.67 bits per heavy atom. The van der Waals surface area contributed by atoms with Crippen LogP contribution in [0.2, 0.25) is 0 Å². The molecule has 0 heterocycles. The Bertz CT molecular complexity index is 169. The molecule has 0 fully saturated rings. The van der Waals surface area contributed by atoms with Crippen LogP contribution in [0, 0.1) is 0 Å². The first-order valence-corrected chi connectivity index (χ1v) is 2.01. The number of rotatable bonds is 2. The maximum Gasteiger partial charge on any atom is 0.339 e. The van der Waals surface area contributed by atoms with Crippen LogP contribution < -0.4 is 5.73 Å². The van der Waals surface area contributed by atoms with E-state index in [9.17, 15) is 9.59 Å². The van der Waals surface area contributed by atoms with E-state index in [-0.39, 0.29) is 0 Å². The number of carbonyl (C=O) groups is 1. The van der Waals surface area contributed by atoms with E-state index in [0.717, 1.165) is 5.94 Å². The Morgan fingerprint density at radius 3 is 2.22 bits per heavy atom. The van der Waals surface area contributed by atoms with Crippen molar-refractivity contribution < 1.29 is 19.8 Å². The predicted molar refractivity (Wildman–Crippen MR) is 27.0 cm³/mol. The van der Waals surface area contributed by atoms with Crippen molar-refractivity contribution in [1.82, 2.24) is 0 Å². The molecule has 0 amide bonds. The lowest BCUT2D eigenvalue weighted by molar-refractivity contribution is -0.144. The Morgan fingerprint density at radius 2 is 2.11 bits per heavy atom. The van der Waals surface area contributed by atoms with Crippen LogP contribution in [0.1, 0.15) is 0 Å². The molecule has 0 aliphatic heterocycles. The van der Waals surface area contributed by atoms with Crippen molar-refractivity contribution in [1.29, 1.82) is 0 Å². The van der Waals surface area contributed by atoms with Crippen LogP contribution in [0.4, 0.5) is 0 Å². The van der Waals surface area contributed by atoms with Crippen molar-refractivity contribution in [2.75, 3.05) is 0 Å². The first-order chi connectivity index (χ1) is 4.09. The zero-order valence-electron chi connectivity index (χ0n) is 4.37. The van der Waals surface area contributed by atoms with Gasteiger partial charge in [-0.3, -0.25) is 0 Å². The van der Waals surface area contributed by atoms with E-state index < -0.39 is 17.8 Å². The molecule has 50 valence electrons. The molecule has 0 aliphatic rings. The third-order valence-electron chi connectivity index (χ3n) is 0.646. The van der Waals surface area contributed by atoms with Gasteiger partial charge in [-0.2, -0.15) is 0 Å². The quantitative estimate of drug-likeness (QED) is 0.380. The summed E-state index contributed by atoms with van der Waals surface area (Å²) in [7, 11) is 0. The zero-order chi connectivity index (χ0) is 7.44. The number of aliphatic carboxylic acids is 1. The monoisotopic (exact) mass is 131 g/mol. The molecule has 0 rings (SSSR count). The van der Waals surface area contributed by atoms with Crippen LogP contribution in [0.3, 0.4) is 0 Å². The molecule has 0 bridgehead atoms. The molecular formula is C4H5NO4. The Balaban J connectivity index is 4.21. The summed E-state index contributed by atoms with van der Waals surface area (Å²) in [6, 6.07) is 0. The van der Waals surface area contributed by atoms with Gasteiger partial charge in [-0.15, -0.1) is 0 Å². The summed E-state index contributed by atoms with van der Waals surface area (Å²) in [6.07, 6.45) is -1.93. The molecule has 0 saturated carbocycles. The number of nitrogens with two attached hydrogens (primary N) is 1. The van der Waals surface area contributed by atoms with E-state index in [0.29, 0.717) is 0 Å². The van der Waals surface area contributed by atoms with Gasteiger partial charge in [0.1, 0.15) is 11.6 Å². The number of carboxylic acid groups (broad SMARTS) is 1. The zero-order valence-corrected chi connectivity index (χ0v) is 4.37. The second-order valence-electron chi connectivity index (χ2n) is 1.30. The van der Waals surface area contributed by atoms with E-state index >= 15 is 0 Å². The lowest BCUT2D eigenvalue weighted by atomic mass is 10.3. The van der Waals surface area contributed by atoms with Gasteiger partial charge in [-0.25, -0.2) is 9.59 Å². The number of hydrogen-bond acceptors (Lipinski definition) is 4. The van der Waals surface area contributed by atoms with Gasteiger partial charge in [0.25, 0.3) is 0 Å². The number of aliphatic hydroxyl groups is 1. The van der Waals surface area contributed by atoms with E-state index in [2.05, 4.69) is 5.73 Å². The number of hydrogen-bond donors (Lipinski definition) is 3. The van der Waals surface area contributed by atoms with Gasteiger partial charge in [0.15, 0.2) is 0 Å². The van der Waals surface area contributed by atoms with Crippen molar-refractivity contribution in [3.8, 4) is 0 Å². The molecule has 0 aromatic carbocycles. The maximum absolute atomic E-state index is 9.77. The molecule has 0 saturated heterocycles. The smallest absolute Gasteiger partial charge is 0.339 e. The van der Waals surface area contributed by atoms with Crippen LogP contribution in [0.15, 0.2) is 5.70 Å². The Kier molecular flexibility index (Phi) is 2.44. The molecule has 0 aromatic rings. The molecule has 4 N–H and O–H groups in total. The Hall–Kier alpha value is -1.32. The predicted octanol–water partition coefficient (Wildman–Crippen LogP) is -1.89. The van der Waals surface area contributed by atoms with Crippen LogP contribution >= 0.6 is 0 Å². The Labute approximate surface area is 50.4 Å². The topological polar surface area (TPSA) is 101 Å². The van der Waals surface area contributed by atoms with E-state index in [1.165, 1.54) is 0 Å². The summed E-state index contributed by atoms with van der Waals surface area (Å²) < 4.78 is 0. The highest BCUT2D eigenvalue weighted by molar-refractivity contribution is 5.79. The molecule has 5 heteroatoms. The molecule has 0 radical (unpaired) electrons. The highest BCUT2D eigenvalue weighted by Gasteiger charge is 2.16. The minimum Gasteiger partial charge on any atom is -0.479 e. The number of carbonyl (C=O) groups excluding carboxylic acids is 1. The summed E-state index contributed by atoms with van der Waals surface area (Å²) in [6.45, 7) is 0. The second-order valence-corrected chi connectivity index (χ2v) is 1.30. The molecule has 0 spiro atoms. The largest absolute Gasteiger partial charge is 0.479 e. The van der Waals surface area contributed by atoms with Crippen LogP contribution in [0.5, 0.6) is 0 Å². The molecule has 0 aromatic heterocycles. The third-order valence-corrected chi connectivity index (χ3v) is 0.646. The van der Waals surface area contributed by atoms with Crippen LogP contribution in [0.25, 0.3) is 0 Å². The van der Waals surface area contributed by atoms with Crippen molar-refractivity contribution in [2.45, 2.75) is 6.10 Å². The van der Waals surface area contributed by atoms with E-state index in [1.54, 1.807) is 0 Å². The molecule has 0 aliphatic carbocycles. The van der Waals surface area contributed by atoms with Gasteiger partial charge in [-0.05, 0) is 0 Å².